The number of aryl methyl sites for hydroxylation is 1. The number of aromatic nitrogens is 2. The van der Waals surface area contributed by atoms with E-state index in [1.807, 2.05) is 31.2 Å². The number of nitrogens with one attached hydrogen (secondary N) is 1. The van der Waals surface area contributed by atoms with Crippen LogP contribution in [0.25, 0.3) is 11.1 Å². The highest BCUT2D eigenvalue weighted by Gasteiger charge is 2.17. The first-order valence-electron chi connectivity index (χ1n) is 5.45. The van der Waals surface area contributed by atoms with Crippen LogP contribution in [0.15, 0.2) is 24.3 Å². The normalized spacial score (nSPS) is 11.7. The zero-order valence-corrected chi connectivity index (χ0v) is 11.1. The first-order chi connectivity index (χ1) is 8.38. The molecule has 0 aliphatic heterocycles. The Bertz CT molecular complexity index is 674. The van der Waals surface area contributed by atoms with Gasteiger partial charge in [0.05, 0.1) is 11.4 Å². The summed E-state index contributed by atoms with van der Waals surface area (Å²) in [5, 5.41) is 6.61. The number of hydrogen-bond acceptors (Lipinski definition) is 4. The molecule has 0 amide bonds. The molecule has 5 nitrogen and oxygen atoms in total. The van der Waals surface area contributed by atoms with Crippen molar-refractivity contribution in [2.45, 2.75) is 12.7 Å². The number of nitrogen functional groups attached to an aromatic ring is 1. The van der Waals surface area contributed by atoms with Gasteiger partial charge in [-0.2, -0.15) is 5.10 Å². The van der Waals surface area contributed by atoms with Crippen LogP contribution >= 0.6 is 0 Å². The lowest BCUT2D eigenvalue weighted by molar-refractivity contribution is 0.600. The standard InChI is InChI=1S/C12H15N3O2S/c1-8-5-3-4-6-9(8)11-10(7-18(2,16)17)14-15-12(11)13/h3-6H,7H2,1-2H3,(H3,13,14,15). The van der Waals surface area contributed by atoms with Crippen molar-refractivity contribution in [2.75, 3.05) is 12.0 Å². The van der Waals surface area contributed by atoms with Crippen molar-refractivity contribution in [1.29, 1.82) is 0 Å². The number of hydrogen-bond donors (Lipinski definition) is 2. The average molecular weight is 265 g/mol. The van der Waals surface area contributed by atoms with Gasteiger partial charge in [-0.15, -0.1) is 0 Å². The van der Waals surface area contributed by atoms with Gasteiger partial charge in [0.1, 0.15) is 0 Å². The zero-order chi connectivity index (χ0) is 13.3. The van der Waals surface area contributed by atoms with Gasteiger partial charge in [-0.05, 0) is 18.1 Å². The van der Waals surface area contributed by atoms with E-state index in [0.29, 0.717) is 17.1 Å². The number of aromatic amines is 1. The van der Waals surface area contributed by atoms with Gasteiger partial charge in [0, 0.05) is 11.8 Å². The summed E-state index contributed by atoms with van der Waals surface area (Å²) in [7, 11) is -3.13. The van der Waals surface area contributed by atoms with Gasteiger partial charge in [-0.25, -0.2) is 8.42 Å². The Kier molecular flexibility index (Phi) is 3.13. The fourth-order valence-electron chi connectivity index (χ4n) is 1.91. The molecular weight excluding hydrogens is 250 g/mol. The molecule has 0 fully saturated rings. The van der Waals surface area contributed by atoms with Gasteiger partial charge in [-0.3, -0.25) is 5.10 Å². The molecule has 2 aromatic rings. The summed E-state index contributed by atoms with van der Waals surface area (Å²) >= 11 is 0. The van der Waals surface area contributed by atoms with Crippen molar-refractivity contribution in [2.24, 2.45) is 0 Å². The second-order valence-electron chi connectivity index (χ2n) is 4.35. The third-order valence-electron chi connectivity index (χ3n) is 2.69. The van der Waals surface area contributed by atoms with E-state index in [0.717, 1.165) is 11.1 Å². The van der Waals surface area contributed by atoms with Crippen molar-refractivity contribution in [1.82, 2.24) is 10.2 Å². The maximum atomic E-state index is 11.4. The minimum absolute atomic E-state index is 0.0964. The number of benzene rings is 1. The van der Waals surface area contributed by atoms with E-state index in [1.54, 1.807) is 0 Å². The molecule has 0 saturated carbocycles. The van der Waals surface area contributed by atoms with E-state index < -0.39 is 9.84 Å². The molecule has 1 aromatic carbocycles. The fourth-order valence-corrected chi connectivity index (χ4v) is 2.65. The van der Waals surface area contributed by atoms with E-state index in [1.165, 1.54) is 6.26 Å². The smallest absolute Gasteiger partial charge is 0.153 e. The van der Waals surface area contributed by atoms with Crippen LogP contribution in [-0.2, 0) is 15.6 Å². The second-order valence-corrected chi connectivity index (χ2v) is 6.49. The van der Waals surface area contributed by atoms with Crippen LogP contribution < -0.4 is 5.73 Å². The van der Waals surface area contributed by atoms with Crippen LogP contribution in [0, 0.1) is 6.92 Å². The molecular formula is C12H15N3O2S. The van der Waals surface area contributed by atoms with Gasteiger partial charge >= 0.3 is 0 Å². The van der Waals surface area contributed by atoms with Gasteiger partial charge in [0.25, 0.3) is 0 Å². The average Bonchev–Trinajstić information content (AvgIpc) is 2.59. The molecule has 0 radical (unpaired) electrons. The number of anilines is 1. The lowest BCUT2D eigenvalue weighted by Crippen LogP contribution is -2.03. The Morgan fingerprint density at radius 3 is 2.61 bits per heavy atom. The highest BCUT2D eigenvalue weighted by Crippen LogP contribution is 2.31. The molecule has 2 rings (SSSR count). The number of nitrogens with two attached hydrogens (primary N) is 1. The van der Waals surface area contributed by atoms with E-state index >= 15 is 0 Å². The van der Waals surface area contributed by atoms with E-state index in [9.17, 15) is 8.42 Å². The van der Waals surface area contributed by atoms with Crippen molar-refractivity contribution < 1.29 is 8.42 Å². The van der Waals surface area contributed by atoms with E-state index in [-0.39, 0.29) is 5.75 Å². The number of sulfone groups is 1. The fraction of sp³-hybridized carbons (Fsp3) is 0.250. The zero-order valence-electron chi connectivity index (χ0n) is 10.3. The first kappa shape index (κ1) is 12.6. The molecule has 0 unspecified atom stereocenters. The summed E-state index contributed by atoms with van der Waals surface area (Å²) in [6.45, 7) is 1.95. The Morgan fingerprint density at radius 2 is 2.00 bits per heavy atom. The summed E-state index contributed by atoms with van der Waals surface area (Å²) in [5.41, 5.74) is 8.97. The molecule has 1 aromatic heterocycles. The highest BCUT2D eigenvalue weighted by molar-refractivity contribution is 7.89. The molecule has 0 bridgehead atoms. The molecule has 0 aliphatic rings. The second kappa shape index (κ2) is 4.45. The summed E-state index contributed by atoms with van der Waals surface area (Å²) in [4.78, 5) is 0. The van der Waals surface area contributed by atoms with Crippen LogP contribution in [-0.4, -0.2) is 24.9 Å². The Balaban J connectivity index is 2.58. The molecule has 0 saturated heterocycles. The summed E-state index contributed by atoms with van der Waals surface area (Å²) in [5.74, 6) is 0.226. The van der Waals surface area contributed by atoms with Crippen LogP contribution in [0.2, 0.25) is 0 Å². The quantitative estimate of drug-likeness (QED) is 0.880. The highest BCUT2D eigenvalue weighted by atomic mass is 32.2. The molecule has 0 aliphatic carbocycles. The minimum atomic E-state index is -3.13. The molecule has 18 heavy (non-hydrogen) atoms. The predicted molar refractivity (Wildman–Crippen MR) is 71.7 cm³/mol. The van der Waals surface area contributed by atoms with Crippen molar-refractivity contribution in [3.8, 4) is 11.1 Å². The summed E-state index contributed by atoms with van der Waals surface area (Å²) in [6.07, 6.45) is 1.19. The topological polar surface area (TPSA) is 88.8 Å². The summed E-state index contributed by atoms with van der Waals surface area (Å²) in [6, 6.07) is 7.67. The molecule has 0 atom stereocenters. The molecule has 3 N–H and O–H groups in total. The SMILES string of the molecule is Cc1ccccc1-c1c(N)n[nH]c1CS(C)(=O)=O. The van der Waals surface area contributed by atoms with Gasteiger partial charge in [0.15, 0.2) is 15.7 Å². The number of H-pyrrole nitrogens is 1. The van der Waals surface area contributed by atoms with Crippen molar-refractivity contribution in [3.63, 3.8) is 0 Å². The van der Waals surface area contributed by atoms with Crippen LogP contribution in [0.1, 0.15) is 11.3 Å². The molecule has 96 valence electrons. The predicted octanol–water partition coefficient (Wildman–Crippen LogP) is 1.51. The number of nitrogens with zero attached hydrogens (tertiary/aromatic N) is 1. The third kappa shape index (κ3) is 2.53. The Hall–Kier alpha value is -1.82. The van der Waals surface area contributed by atoms with E-state index in [4.69, 9.17) is 5.73 Å². The van der Waals surface area contributed by atoms with E-state index in [2.05, 4.69) is 10.2 Å². The maximum absolute atomic E-state index is 11.4. The van der Waals surface area contributed by atoms with Crippen molar-refractivity contribution >= 4 is 15.7 Å². The molecule has 1 heterocycles. The number of rotatable bonds is 3. The van der Waals surface area contributed by atoms with Crippen LogP contribution in [0.3, 0.4) is 0 Å². The largest absolute Gasteiger partial charge is 0.382 e. The lowest BCUT2D eigenvalue weighted by Gasteiger charge is -2.06. The van der Waals surface area contributed by atoms with Gasteiger partial charge < -0.3 is 5.73 Å². The molecule has 6 heteroatoms. The lowest BCUT2D eigenvalue weighted by atomic mass is 10.0. The Labute approximate surface area is 106 Å². The molecule has 0 spiro atoms. The van der Waals surface area contributed by atoms with Crippen LogP contribution in [0.4, 0.5) is 5.82 Å². The maximum Gasteiger partial charge on any atom is 0.153 e. The third-order valence-corrected chi connectivity index (χ3v) is 3.50. The van der Waals surface area contributed by atoms with Crippen molar-refractivity contribution in [3.05, 3.63) is 35.5 Å². The first-order valence-corrected chi connectivity index (χ1v) is 7.51. The minimum Gasteiger partial charge on any atom is -0.382 e. The van der Waals surface area contributed by atoms with Gasteiger partial charge in [0.2, 0.25) is 0 Å². The van der Waals surface area contributed by atoms with Gasteiger partial charge in [-0.1, -0.05) is 24.3 Å². The Morgan fingerprint density at radius 1 is 1.33 bits per heavy atom. The monoisotopic (exact) mass is 265 g/mol. The summed E-state index contributed by atoms with van der Waals surface area (Å²) < 4.78 is 22.8. The van der Waals surface area contributed by atoms with Crippen LogP contribution in [0.5, 0.6) is 0 Å².